The average molecular weight is 654 g/mol. The fourth-order valence-corrected chi connectivity index (χ4v) is 8.80. The highest BCUT2D eigenvalue weighted by atomic mass is 16.6. The number of carbonyl (C=O) groups is 4. The monoisotopic (exact) mass is 653 g/mol. The van der Waals surface area contributed by atoms with Crippen LogP contribution in [0.2, 0.25) is 0 Å². The molecule has 3 aliphatic carbocycles. The first-order valence-electron chi connectivity index (χ1n) is 17.0. The third kappa shape index (κ3) is 5.88. The van der Waals surface area contributed by atoms with Gasteiger partial charge < -0.3 is 33.7 Å². The van der Waals surface area contributed by atoms with Crippen LogP contribution >= 0.6 is 0 Å². The van der Waals surface area contributed by atoms with Crippen LogP contribution in [0.1, 0.15) is 59.8 Å². The second kappa shape index (κ2) is 13.3. The number of aliphatic hydroxyl groups is 1. The molecule has 3 unspecified atom stereocenters. The summed E-state index contributed by atoms with van der Waals surface area (Å²) in [5.74, 6) is -4.53. The predicted octanol–water partition coefficient (Wildman–Crippen LogP) is 3.21. The maximum Gasteiger partial charge on any atom is 0.397 e. The van der Waals surface area contributed by atoms with Gasteiger partial charge in [0, 0.05) is 55.4 Å². The van der Waals surface area contributed by atoms with Crippen LogP contribution in [0, 0.1) is 29.6 Å². The highest BCUT2D eigenvalue weighted by Crippen LogP contribution is 2.61. The molecule has 1 spiro atoms. The Balaban J connectivity index is 1.30. The van der Waals surface area contributed by atoms with E-state index in [9.17, 15) is 24.3 Å². The van der Waals surface area contributed by atoms with Gasteiger partial charge in [-0.3, -0.25) is 4.79 Å². The summed E-state index contributed by atoms with van der Waals surface area (Å²) >= 11 is 0. The van der Waals surface area contributed by atoms with Crippen molar-refractivity contribution < 1.29 is 48.0 Å². The molecular formula is C36H47NO10. The predicted molar refractivity (Wildman–Crippen MR) is 168 cm³/mol. The van der Waals surface area contributed by atoms with E-state index in [-0.39, 0.29) is 24.2 Å². The van der Waals surface area contributed by atoms with Gasteiger partial charge >= 0.3 is 23.8 Å². The summed E-state index contributed by atoms with van der Waals surface area (Å²) in [7, 11) is 1.44. The van der Waals surface area contributed by atoms with Gasteiger partial charge in [-0.05, 0) is 51.5 Å². The highest BCUT2D eigenvalue weighted by Gasteiger charge is 2.69. The van der Waals surface area contributed by atoms with E-state index in [0.717, 1.165) is 24.8 Å². The number of cyclic esters (lactones) is 1. The molecule has 11 heteroatoms. The molecule has 1 amide bonds. The third-order valence-corrected chi connectivity index (χ3v) is 11.3. The van der Waals surface area contributed by atoms with Crippen LogP contribution in [0.5, 0.6) is 0 Å². The second-order valence-corrected chi connectivity index (χ2v) is 14.0. The fourth-order valence-electron chi connectivity index (χ4n) is 8.80. The van der Waals surface area contributed by atoms with Gasteiger partial charge in [0.25, 0.3) is 0 Å². The van der Waals surface area contributed by atoms with Crippen molar-refractivity contribution in [1.82, 2.24) is 4.90 Å². The Morgan fingerprint density at radius 2 is 1.87 bits per heavy atom. The summed E-state index contributed by atoms with van der Waals surface area (Å²) in [4.78, 5) is 54.0. The minimum absolute atomic E-state index is 0.208. The zero-order valence-electron chi connectivity index (χ0n) is 27.8. The molecule has 256 valence electrons. The van der Waals surface area contributed by atoms with Crippen LogP contribution in [0.15, 0.2) is 47.6 Å². The lowest BCUT2D eigenvalue weighted by Crippen LogP contribution is -2.57. The normalized spacial score (nSPS) is 41.1. The van der Waals surface area contributed by atoms with Crippen molar-refractivity contribution in [2.75, 3.05) is 20.2 Å². The number of rotatable bonds is 5. The average Bonchev–Trinajstić information content (AvgIpc) is 3.67. The van der Waals surface area contributed by atoms with Gasteiger partial charge in [-0.1, -0.05) is 50.3 Å². The van der Waals surface area contributed by atoms with Crippen LogP contribution in [-0.4, -0.2) is 96.2 Å². The number of hydrogen-bond donors (Lipinski definition) is 1. The molecule has 3 fully saturated rings. The van der Waals surface area contributed by atoms with Gasteiger partial charge in [0.1, 0.15) is 30.0 Å². The van der Waals surface area contributed by atoms with E-state index >= 15 is 0 Å². The van der Waals surface area contributed by atoms with E-state index in [2.05, 4.69) is 0 Å². The molecule has 1 saturated carbocycles. The van der Waals surface area contributed by atoms with Gasteiger partial charge in [0.05, 0.1) is 6.10 Å². The quantitative estimate of drug-likeness (QED) is 0.204. The Labute approximate surface area is 275 Å². The molecule has 0 radical (unpaired) electrons. The fraction of sp³-hybridized carbons (Fsp3) is 0.667. The van der Waals surface area contributed by atoms with Crippen LogP contribution < -0.4 is 0 Å². The van der Waals surface area contributed by atoms with Crippen molar-refractivity contribution in [2.24, 2.45) is 29.6 Å². The lowest BCUT2D eigenvalue weighted by atomic mass is 9.57. The molecule has 3 aliphatic heterocycles. The van der Waals surface area contributed by atoms with Gasteiger partial charge in [0.2, 0.25) is 0 Å². The number of likely N-dealkylation sites (tertiary alicyclic amines) is 1. The first-order valence-corrected chi connectivity index (χ1v) is 17.0. The Kier molecular flexibility index (Phi) is 9.53. The number of carbonyl (C=O) groups excluding carboxylic acids is 4. The van der Waals surface area contributed by atoms with Crippen LogP contribution in [0.25, 0.3) is 0 Å². The van der Waals surface area contributed by atoms with E-state index < -0.39 is 77.9 Å². The van der Waals surface area contributed by atoms with Crippen molar-refractivity contribution in [1.29, 1.82) is 0 Å². The highest BCUT2D eigenvalue weighted by molar-refractivity contribution is 6.32. The topological polar surface area (TPSA) is 138 Å². The van der Waals surface area contributed by atoms with Gasteiger partial charge in [-0.2, -0.15) is 0 Å². The number of amides is 1. The number of methoxy groups -OCH3 is 1. The Morgan fingerprint density at radius 3 is 2.55 bits per heavy atom. The molecule has 47 heavy (non-hydrogen) atoms. The molecule has 2 saturated heterocycles. The summed E-state index contributed by atoms with van der Waals surface area (Å²) in [6.07, 6.45) is 9.96. The number of ether oxygens (including phenoxy) is 5. The zero-order valence-corrected chi connectivity index (χ0v) is 27.8. The largest absolute Gasteiger partial charge is 0.456 e. The second-order valence-electron chi connectivity index (χ2n) is 14.0. The van der Waals surface area contributed by atoms with Crippen molar-refractivity contribution in [3.8, 4) is 0 Å². The summed E-state index contributed by atoms with van der Waals surface area (Å²) in [6, 6.07) is 0. The molecule has 3 heterocycles. The van der Waals surface area contributed by atoms with Gasteiger partial charge in [-0.25, -0.2) is 14.4 Å². The van der Waals surface area contributed by atoms with E-state index in [1.807, 2.05) is 51.2 Å². The molecular weight excluding hydrogens is 606 g/mol. The number of aliphatic hydroxyl groups excluding tert-OH is 1. The van der Waals surface area contributed by atoms with Crippen LogP contribution in [0.3, 0.4) is 0 Å². The summed E-state index contributed by atoms with van der Waals surface area (Å²) in [5.41, 5.74) is 0.369. The summed E-state index contributed by atoms with van der Waals surface area (Å²) in [6.45, 7) is 8.33. The SMILES string of the molecule is CO[C@H]1C[C@H]2C=CC3C4C(O)[C@@H](C)[C@@H](OC(=O)C5=CC=CC5)[C@@H]3O[C@]42/C(C)=C/[C@@H](C)[C@@H]([C@@H](C)OC(=O)C(=O)N2CCCCC2)OC1=O. The maximum absolute atomic E-state index is 13.6. The standard InChI is InChI=1S/C36H47NO10/c1-19-17-20(2)36-24(13-14-25-27(36)28(38)21(3)30(31(25)47-36)46-33(40)23-11-7-8-12-23)18-26(43-5)34(41)45-29(19)22(4)44-35(42)32(39)37-15-9-6-10-16-37/h7-8,11,13-14,17,19,21-22,24-31,38H,6,9-10,12,15-16,18H2,1-5H3/b20-17+/t19-,21-,22-,24-,25?,26+,27?,28?,29+,30-,31-,36+/m1/s1. The van der Waals surface area contributed by atoms with Crippen molar-refractivity contribution in [3.05, 3.63) is 47.6 Å². The molecule has 0 aromatic carbocycles. The smallest absolute Gasteiger partial charge is 0.397 e. The molecule has 11 nitrogen and oxygen atoms in total. The molecule has 12 atom stereocenters. The van der Waals surface area contributed by atoms with Crippen molar-refractivity contribution in [3.63, 3.8) is 0 Å². The minimum Gasteiger partial charge on any atom is -0.456 e. The van der Waals surface area contributed by atoms with Crippen LogP contribution in [-0.2, 0) is 42.9 Å². The summed E-state index contributed by atoms with van der Waals surface area (Å²) < 4.78 is 30.4. The molecule has 6 rings (SSSR count). The molecule has 1 N–H and O–H groups in total. The number of nitrogens with zero attached hydrogens (tertiary/aromatic N) is 1. The number of piperidine rings is 1. The Morgan fingerprint density at radius 1 is 1.13 bits per heavy atom. The van der Waals surface area contributed by atoms with Crippen LogP contribution in [0.4, 0.5) is 0 Å². The summed E-state index contributed by atoms with van der Waals surface area (Å²) in [5, 5.41) is 11.9. The van der Waals surface area contributed by atoms with E-state index in [4.69, 9.17) is 23.7 Å². The number of esters is 3. The number of allylic oxidation sites excluding steroid dienone is 3. The lowest BCUT2D eigenvalue weighted by Gasteiger charge is -2.49. The third-order valence-electron chi connectivity index (χ3n) is 11.3. The van der Waals surface area contributed by atoms with E-state index in [1.165, 1.54) is 12.0 Å². The first kappa shape index (κ1) is 33.6. The molecule has 4 bridgehead atoms. The van der Waals surface area contributed by atoms with E-state index in [1.54, 1.807) is 13.0 Å². The molecule has 0 aromatic heterocycles. The number of hydrogen-bond acceptors (Lipinski definition) is 10. The Hall–Kier alpha value is -3.28. The Bertz CT molecular complexity index is 1390. The lowest BCUT2D eigenvalue weighted by molar-refractivity contribution is -0.182. The van der Waals surface area contributed by atoms with Crippen molar-refractivity contribution >= 4 is 23.8 Å². The maximum atomic E-state index is 13.6. The molecule has 6 aliphatic rings. The van der Waals surface area contributed by atoms with E-state index in [0.29, 0.717) is 25.1 Å². The first-order chi connectivity index (χ1) is 22.5. The molecule has 0 aromatic rings. The van der Waals surface area contributed by atoms with Gasteiger partial charge in [-0.15, -0.1) is 0 Å². The van der Waals surface area contributed by atoms with Crippen molar-refractivity contribution in [2.45, 2.75) is 102 Å². The zero-order chi connectivity index (χ0) is 33.6. The van der Waals surface area contributed by atoms with Gasteiger partial charge in [0.15, 0.2) is 6.10 Å². The minimum atomic E-state index is -1.02.